The van der Waals surface area contributed by atoms with Crippen LogP contribution in [0.25, 0.3) is 16.9 Å². The molecule has 4 amide bonds. The Morgan fingerprint density at radius 3 is 1.35 bits per heavy atom. The number of aryl methyl sites for hydroxylation is 1. The number of piperidine rings is 1. The van der Waals surface area contributed by atoms with Crippen molar-refractivity contribution in [1.82, 2.24) is 44.9 Å². The number of carbonyl (C=O) groups is 4. The first-order chi connectivity index (χ1) is 66.4. The number of fused-ring (bicyclic) bond motifs is 1. The fourth-order valence-corrected chi connectivity index (χ4v) is 13.4. The number of benzene rings is 3. The molecule has 7 aromatic rings. The van der Waals surface area contributed by atoms with Gasteiger partial charge in [-0.2, -0.15) is 23.4 Å². The molecule has 43 heteroatoms. The van der Waals surface area contributed by atoms with Crippen molar-refractivity contribution in [3.63, 3.8) is 0 Å². The zero-order valence-corrected chi connectivity index (χ0v) is 77.8. The molecule has 0 saturated carbocycles. The van der Waals surface area contributed by atoms with Crippen LogP contribution in [-0.2, 0) is 117 Å². The van der Waals surface area contributed by atoms with Crippen molar-refractivity contribution in [2.24, 2.45) is 5.92 Å². The molecule has 2 aliphatic heterocycles. The summed E-state index contributed by atoms with van der Waals surface area (Å²) in [5.41, 5.74) is 0.0766. The van der Waals surface area contributed by atoms with Gasteiger partial charge in [-0.25, -0.2) is 14.5 Å². The lowest BCUT2D eigenvalue weighted by Crippen LogP contribution is -2.48. The van der Waals surface area contributed by atoms with Gasteiger partial charge in [0, 0.05) is 117 Å². The van der Waals surface area contributed by atoms with Crippen LogP contribution in [0, 0.1) is 24.7 Å². The number of rotatable bonds is 74. The smallest absolute Gasteiger partial charge is 0.420 e. The Morgan fingerprint density at radius 1 is 0.463 bits per heavy atom. The van der Waals surface area contributed by atoms with E-state index in [9.17, 15) is 41.1 Å². The standard InChI is InChI=1S/C93H128ClF5N12O25/c1-73-4-5-76(67-75(73)7-11-81-71-101-86-3-2-18-104-111(81)86)90(114)106-80-8-6-77(84(69-80)92(95,96)97)72-108-23-25-109(26-24-108)87(112)17-27-116-29-31-118-33-35-120-37-39-122-41-43-124-45-47-126-49-51-128-53-55-130-57-59-132-61-63-134-65-66-135-64-62-133-60-58-131-56-54-129-52-50-127-48-46-125-44-42-123-40-38-121-36-34-119-32-30-117-28-20-100-89(113)74-15-21-110(22-16-74)88-83(85-14-19-103-107-85)68-78(70-102-88)91(115)105-79-9-12-82(13-10-79)136-93(94,98)99/h2-6,8-10,12-14,18-19,67-71,74H,15-17,20-66,72H2,1H3,(H,100,113)(H,103,107)(H,105,115)(H,106,114). The Balaban J connectivity index is 0.418. The van der Waals surface area contributed by atoms with E-state index in [2.05, 4.69) is 62.7 Å². The number of ether oxygens (including phenoxy) is 21. The van der Waals surface area contributed by atoms with Crippen molar-refractivity contribution in [3.8, 4) is 28.8 Å². The molecule has 752 valence electrons. The van der Waals surface area contributed by atoms with Crippen LogP contribution in [0.5, 0.6) is 5.75 Å². The lowest BCUT2D eigenvalue weighted by atomic mass is 9.95. The molecular weight excluding hydrogens is 1820 g/mol. The maximum absolute atomic E-state index is 14.5. The van der Waals surface area contributed by atoms with E-state index in [1.54, 1.807) is 70.5 Å². The number of anilines is 3. The van der Waals surface area contributed by atoms with Gasteiger partial charge in [-0.15, -0.1) is 8.78 Å². The van der Waals surface area contributed by atoms with E-state index in [0.717, 1.165) is 11.6 Å². The van der Waals surface area contributed by atoms with Crippen LogP contribution in [0.2, 0.25) is 0 Å². The second-order valence-corrected chi connectivity index (χ2v) is 30.8. The number of pyridine rings is 1. The average Bonchev–Trinajstić information content (AvgIpc) is 1.34. The number of halogens is 6. The Bertz CT molecular complexity index is 4530. The van der Waals surface area contributed by atoms with Gasteiger partial charge >= 0.3 is 11.7 Å². The average molecular weight is 1940 g/mol. The molecule has 9 rings (SSSR count). The molecule has 4 aromatic heterocycles. The van der Waals surface area contributed by atoms with Crippen LogP contribution in [0.1, 0.15) is 67.9 Å². The zero-order chi connectivity index (χ0) is 96.0. The van der Waals surface area contributed by atoms with Crippen molar-refractivity contribution in [3.05, 3.63) is 149 Å². The number of amides is 4. The summed E-state index contributed by atoms with van der Waals surface area (Å²) in [5.74, 6) is 5.20. The number of hydrogen-bond acceptors (Lipinski definition) is 31. The molecule has 2 saturated heterocycles. The molecule has 136 heavy (non-hydrogen) atoms. The summed E-state index contributed by atoms with van der Waals surface area (Å²) < 4.78 is 187. The summed E-state index contributed by atoms with van der Waals surface area (Å²) >= 11 is 4.84. The van der Waals surface area contributed by atoms with Gasteiger partial charge in [0.2, 0.25) is 11.8 Å². The molecule has 3 aromatic carbocycles. The highest BCUT2D eigenvalue weighted by Gasteiger charge is 2.36. The molecule has 4 N–H and O–H groups in total. The minimum Gasteiger partial charge on any atom is -0.420 e. The third-order valence-corrected chi connectivity index (χ3v) is 20.5. The second kappa shape index (κ2) is 66.4. The minimum absolute atomic E-state index is 0.00256. The van der Waals surface area contributed by atoms with Crippen molar-refractivity contribution in [1.29, 1.82) is 0 Å². The van der Waals surface area contributed by atoms with E-state index in [1.807, 2.05) is 11.8 Å². The Morgan fingerprint density at radius 2 is 0.904 bits per heavy atom. The van der Waals surface area contributed by atoms with Gasteiger partial charge in [-0.3, -0.25) is 29.2 Å². The fourth-order valence-electron chi connectivity index (χ4n) is 13.3. The monoisotopic (exact) mass is 1940 g/mol. The molecule has 6 heterocycles. The number of piperazine rings is 1. The number of nitrogens with zero attached hydrogens (tertiary/aromatic N) is 8. The van der Waals surface area contributed by atoms with Crippen LogP contribution < -0.4 is 25.6 Å². The van der Waals surface area contributed by atoms with Gasteiger partial charge in [0.15, 0.2) is 5.65 Å². The Labute approximate surface area is 793 Å². The van der Waals surface area contributed by atoms with E-state index in [-0.39, 0.29) is 65.4 Å². The first kappa shape index (κ1) is 110. The minimum atomic E-state index is -4.68. The summed E-state index contributed by atoms with van der Waals surface area (Å²) in [6.07, 6.45) is 2.97. The van der Waals surface area contributed by atoms with Crippen LogP contribution in [0.3, 0.4) is 0 Å². The van der Waals surface area contributed by atoms with Gasteiger partial charge in [-0.05, 0) is 110 Å². The fraction of sp³-hybridized carbons (Fsp3) is 0.591. The van der Waals surface area contributed by atoms with Crippen molar-refractivity contribution < 1.29 is 141 Å². The number of imidazole rings is 1. The summed E-state index contributed by atoms with van der Waals surface area (Å²) in [5, 5.41) is 19.6. The van der Waals surface area contributed by atoms with Gasteiger partial charge in [0.1, 0.15) is 17.3 Å². The third kappa shape index (κ3) is 45.6. The molecular formula is C93H128ClF5N12O25. The summed E-state index contributed by atoms with van der Waals surface area (Å²) in [6.45, 7) is 21.6. The van der Waals surface area contributed by atoms with E-state index in [4.69, 9.17) is 106 Å². The largest absolute Gasteiger partial charge is 0.487 e. The number of aromatic amines is 1. The van der Waals surface area contributed by atoms with Gasteiger partial charge in [-0.1, -0.05) is 18.1 Å². The Kier molecular flexibility index (Phi) is 53.9. The number of aromatic nitrogens is 6. The Hall–Kier alpha value is -9.22. The lowest BCUT2D eigenvalue weighted by molar-refractivity contribution is -0.138. The molecule has 2 fully saturated rings. The van der Waals surface area contributed by atoms with Crippen molar-refractivity contribution >= 4 is 58.1 Å². The number of hydrogen-bond donors (Lipinski definition) is 4. The lowest BCUT2D eigenvalue weighted by Gasteiger charge is -2.35. The molecule has 0 radical (unpaired) electrons. The van der Waals surface area contributed by atoms with Crippen molar-refractivity contribution in [2.45, 2.75) is 44.5 Å². The number of alkyl halides is 6. The van der Waals surface area contributed by atoms with Crippen LogP contribution in [0.15, 0.2) is 110 Å². The molecule has 0 unspecified atom stereocenters. The first-order valence-corrected chi connectivity index (χ1v) is 46.0. The summed E-state index contributed by atoms with van der Waals surface area (Å²) in [4.78, 5) is 67.1. The van der Waals surface area contributed by atoms with Gasteiger partial charge in [0.25, 0.3) is 11.8 Å². The van der Waals surface area contributed by atoms with Crippen LogP contribution >= 0.6 is 11.6 Å². The highest BCUT2D eigenvalue weighted by atomic mass is 35.5. The zero-order valence-electron chi connectivity index (χ0n) is 77.1. The van der Waals surface area contributed by atoms with E-state index in [1.165, 1.54) is 42.6 Å². The summed E-state index contributed by atoms with van der Waals surface area (Å²) in [6, 6.07) is 21.1. The van der Waals surface area contributed by atoms with E-state index < -0.39 is 29.1 Å². The number of H-pyrrole nitrogens is 1. The van der Waals surface area contributed by atoms with Gasteiger partial charge < -0.3 is 125 Å². The highest BCUT2D eigenvalue weighted by molar-refractivity contribution is 6.20. The predicted octanol–water partition coefficient (Wildman–Crippen LogP) is 8.31. The molecule has 0 bridgehead atoms. The topological polar surface area (TPSA) is 380 Å². The maximum atomic E-state index is 14.5. The molecule has 0 atom stereocenters. The molecule has 37 nitrogen and oxygen atoms in total. The molecule has 0 aliphatic carbocycles. The quantitative estimate of drug-likeness (QED) is 0.0120. The van der Waals surface area contributed by atoms with Crippen LogP contribution in [-0.4, -0.2) is 379 Å². The van der Waals surface area contributed by atoms with Crippen LogP contribution in [0.4, 0.5) is 39.1 Å². The van der Waals surface area contributed by atoms with E-state index >= 15 is 0 Å². The third-order valence-electron chi connectivity index (χ3n) is 20.4. The molecule has 2 aliphatic rings. The number of nitrogens with one attached hydrogen (secondary N) is 4. The highest BCUT2D eigenvalue weighted by Crippen LogP contribution is 2.36. The summed E-state index contributed by atoms with van der Waals surface area (Å²) in [7, 11) is 0. The maximum Gasteiger partial charge on any atom is 0.487 e. The normalized spacial score (nSPS) is 13.4. The second-order valence-electron chi connectivity index (χ2n) is 30.3. The first-order valence-electron chi connectivity index (χ1n) is 45.6. The van der Waals surface area contributed by atoms with E-state index in [0.29, 0.717) is 356 Å². The van der Waals surface area contributed by atoms with Crippen molar-refractivity contribution in [2.75, 3.05) is 326 Å². The van der Waals surface area contributed by atoms with Gasteiger partial charge in [0.05, 0.1) is 294 Å². The number of carbonyl (C=O) groups excluding carboxylic acids is 4. The molecule has 0 spiro atoms. The predicted molar refractivity (Wildman–Crippen MR) is 488 cm³/mol. The SMILES string of the molecule is Cc1ccc(C(=O)Nc2ccc(CN3CCN(C(=O)CCOCCOCCOCCOCCOCCOCCOCCOCCOCCOCCOCCOCCOCCOCCOCCOCCOCCOCCOCCOCCNC(=O)C4CCN(c5ncc(C(=O)Nc6ccc(OC(F)(F)Cl)cc6)cc5-c5ccn[nH]5)CC4)CC3)c(C(F)(F)F)c2)cc1C#Cc1cnc2cccnn12.